The lowest BCUT2D eigenvalue weighted by atomic mass is 10.0. The van der Waals surface area contributed by atoms with E-state index in [2.05, 4.69) is 20.6 Å². The number of carbonyl (C=O) groups excluding carboxylic acids is 2. The number of thioether (sulfide) groups is 1. The van der Waals surface area contributed by atoms with Crippen molar-refractivity contribution in [3.05, 3.63) is 68.7 Å². The molecule has 2 atom stereocenters. The van der Waals surface area contributed by atoms with Crippen molar-refractivity contribution in [2.75, 3.05) is 43.1 Å². The summed E-state index contributed by atoms with van der Waals surface area (Å²) >= 11 is 9.07. The Bertz CT molecular complexity index is 1950. The first-order chi connectivity index (χ1) is 24.6. The van der Waals surface area contributed by atoms with Gasteiger partial charge in [0.2, 0.25) is 0 Å². The molecule has 15 nitrogen and oxygen atoms in total. The van der Waals surface area contributed by atoms with Gasteiger partial charge in [0.1, 0.15) is 35.7 Å². The third kappa shape index (κ3) is 6.86. The molecule has 0 spiro atoms. The molecule has 0 aliphatic carbocycles. The van der Waals surface area contributed by atoms with Crippen molar-refractivity contribution in [3.8, 4) is 0 Å². The van der Waals surface area contributed by atoms with Gasteiger partial charge in [-0.05, 0) is 37.0 Å². The third-order valence-corrected chi connectivity index (χ3v) is 11.5. The number of hydrogen-bond acceptors (Lipinski definition) is 12. The van der Waals surface area contributed by atoms with E-state index in [9.17, 15) is 19.5 Å². The molecule has 4 aliphatic rings. The van der Waals surface area contributed by atoms with E-state index in [-0.39, 0.29) is 35.3 Å². The van der Waals surface area contributed by atoms with Crippen molar-refractivity contribution in [3.63, 3.8) is 0 Å². The number of halogens is 2. The summed E-state index contributed by atoms with van der Waals surface area (Å²) in [5, 5.41) is 24.6. The minimum Gasteiger partial charge on any atom is -0.477 e. The summed E-state index contributed by atoms with van der Waals surface area (Å²) in [5.74, 6) is -1.75. The summed E-state index contributed by atoms with van der Waals surface area (Å²) in [6, 6.07) is 4.10. The maximum atomic E-state index is 15.4. The number of hydrogen-bond donors (Lipinski definition) is 3. The van der Waals surface area contributed by atoms with E-state index in [1.807, 2.05) is 31.5 Å². The average Bonchev–Trinajstić information content (AvgIpc) is 3.84. The van der Waals surface area contributed by atoms with Crippen LogP contribution < -0.4 is 20.6 Å². The largest absolute Gasteiger partial charge is 0.477 e. The summed E-state index contributed by atoms with van der Waals surface area (Å²) in [6.07, 6.45) is 6.88. The van der Waals surface area contributed by atoms with Gasteiger partial charge in [-0.2, -0.15) is 5.10 Å². The molecule has 4 aliphatic heterocycles. The van der Waals surface area contributed by atoms with Gasteiger partial charge in [0, 0.05) is 53.5 Å². The molecule has 2 amide bonds. The Morgan fingerprint density at radius 3 is 2.76 bits per heavy atom. The van der Waals surface area contributed by atoms with Gasteiger partial charge < -0.3 is 25.9 Å². The van der Waals surface area contributed by atoms with Crippen LogP contribution in [0, 0.1) is 5.82 Å². The quantitative estimate of drug-likeness (QED) is 0.114. The highest BCUT2D eigenvalue weighted by Crippen LogP contribution is 2.40. The van der Waals surface area contributed by atoms with Gasteiger partial charge in [0.25, 0.3) is 11.8 Å². The number of thiazole rings is 1. The standard InChI is InChI=1S/C32H34ClFN10O5S2/c1-49-39-25(23-17-51-32(35)37-23)28(45)38-26-29(46)44-27(31(47)48)19(16-50-30(26)44)14-42-8-5-24-40(9-10-43(24)42)15-20-21(33)11-18(12-22(20)34)13-36-41-6-3-2-4-7-41/h5,8,11-13,17,26,30H,2-4,6-7,9-10,14-16H2,1H3,(H3-,35,37,38,45,47,48)/p+1/b36-13?,39-25-/t26-,30-/m1/s1. The number of nitrogen functional groups attached to an aromatic ring is 1. The molecule has 0 radical (unpaired) electrons. The summed E-state index contributed by atoms with van der Waals surface area (Å²) in [4.78, 5) is 51.1. The zero-order valence-electron chi connectivity index (χ0n) is 27.5. The van der Waals surface area contributed by atoms with Crippen LogP contribution in [0.5, 0.6) is 0 Å². The second kappa shape index (κ2) is 14.5. The molecule has 6 heterocycles. The number of oxime groups is 1. The second-order valence-corrected chi connectivity index (χ2v) is 14.8. The monoisotopic (exact) mass is 757 g/mol. The molecule has 19 heteroatoms. The smallest absolute Gasteiger partial charge is 0.352 e. The van der Waals surface area contributed by atoms with Gasteiger partial charge in [-0.1, -0.05) is 16.8 Å². The SMILES string of the molecule is CO/N=C(\C(=O)N[C@@H]1C(=O)N2C(C(=O)O)=C(C[n+]3ccc4n3CCN4Cc3c(F)cc(C=NN4CCCCC4)cc3Cl)CS[C@H]12)c1csc(N)n1. The molecule has 0 bridgehead atoms. The van der Waals surface area contributed by atoms with E-state index in [0.717, 1.165) is 43.1 Å². The number of carbonyl (C=O) groups is 3. The van der Waals surface area contributed by atoms with E-state index < -0.39 is 35.0 Å². The second-order valence-electron chi connectivity index (χ2n) is 12.3. The lowest BCUT2D eigenvalue weighted by Crippen LogP contribution is -2.71. The van der Waals surface area contributed by atoms with E-state index >= 15 is 4.39 Å². The molecular formula is C32H35ClFN10O5S2+. The summed E-state index contributed by atoms with van der Waals surface area (Å²) in [6.45, 7) is 3.43. The number of carboxylic acids is 1. The number of rotatable bonds is 11. The van der Waals surface area contributed by atoms with E-state index in [4.69, 9.17) is 22.2 Å². The number of nitrogens with two attached hydrogens (primary N) is 1. The van der Waals surface area contributed by atoms with Crippen LogP contribution in [-0.4, -0.2) is 98.3 Å². The summed E-state index contributed by atoms with van der Waals surface area (Å²) in [5.41, 5.74) is 7.16. The first kappa shape index (κ1) is 34.8. The Morgan fingerprint density at radius 1 is 1.25 bits per heavy atom. The average molecular weight is 758 g/mol. The molecule has 2 fully saturated rings. The van der Waals surface area contributed by atoms with Crippen molar-refractivity contribution >= 4 is 75.4 Å². The van der Waals surface area contributed by atoms with Crippen molar-refractivity contribution in [2.24, 2.45) is 10.3 Å². The molecule has 1 aromatic carbocycles. The predicted molar refractivity (Wildman–Crippen MR) is 190 cm³/mol. The minimum absolute atomic E-state index is 0.108. The molecule has 51 heavy (non-hydrogen) atoms. The fraction of sp³-hybridized carbons (Fsp3) is 0.406. The Labute approximate surface area is 305 Å². The van der Waals surface area contributed by atoms with Crippen molar-refractivity contribution < 1.29 is 33.4 Å². The molecule has 3 aromatic rings. The van der Waals surface area contributed by atoms with Gasteiger partial charge in [0.05, 0.1) is 18.8 Å². The maximum absolute atomic E-state index is 15.4. The summed E-state index contributed by atoms with van der Waals surface area (Å²) in [7, 11) is 1.28. The highest BCUT2D eigenvalue weighted by atomic mass is 35.5. The Hall–Kier alpha value is -4.68. The molecule has 268 valence electrons. The number of benzene rings is 1. The maximum Gasteiger partial charge on any atom is 0.352 e. The van der Waals surface area contributed by atoms with E-state index in [1.54, 1.807) is 17.7 Å². The lowest BCUT2D eigenvalue weighted by Gasteiger charge is -2.49. The first-order valence-corrected chi connectivity index (χ1v) is 18.6. The highest BCUT2D eigenvalue weighted by molar-refractivity contribution is 8.00. The fourth-order valence-corrected chi connectivity index (χ4v) is 8.83. The van der Waals surface area contributed by atoms with Gasteiger partial charge >= 0.3 is 5.97 Å². The van der Waals surface area contributed by atoms with Gasteiger partial charge in [-0.25, -0.2) is 14.2 Å². The van der Waals surface area contributed by atoms with Crippen LogP contribution in [-0.2, 0) is 38.9 Å². The number of nitrogens with zero attached hydrogens (tertiary/aromatic N) is 8. The molecule has 7 rings (SSSR count). The van der Waals surface area contributed by atoms with Crippen LogP contribution in [0.2, 0.25) is 5.02 Å². The highest BCUT2D eigenvalue weighted by Gasteiger charge is 2.55. The first-order valence-electron chi connectivity index (χ1n) is 16.3. The lowest BCUT2D eigenvalue weighted by molar-refractivity contribution is -0.766. The van der Waals surface area contributed by atoms with Gasteiger partial charge in [-0.15, -0.1) is 32.5 Å². The van der Waals surface area contributed by atoms with Crippen molar-refractivity contribution in [2.45, 2.75) is 50.3 Å². The van der Waals surface area contributed by atoms with Crippen LogP contribution in [0.15, 0.2) is 51.3 Å². The van der Waals surface area contributed by atoms with Gasteiger partial charge in [-0.3, -0.25) is 19.5 Å². The number of amides is 2. The number of anilines is 2. The normalized spacial score (nSPS) is 20.5. The topological polar surface area (TPSA) is 175 Å². The van der Waals surface area contributed by atoms with Crippen LogP contribution >= 0.6 is 34.7 Å². The number of β-lactam (4-membered cyclic amide) rings is 1. The minimum atomic E-state index is -1.24. The number of hydrazone groups is 1. The molecule has 2 aromatic heterocycles. The van der Waals surface area contributed by atoms with Crippen LogP contribution in [0.3, 0.4) is 0 Å². The molecule has 0 saturated carbocycles. The predicted octanol–water partition coefficient (Wildman–Crippen LogP) is 2.24. The van der Waals surface area contributed by atoms with Crippen molar-refractivity contribution in [1.29, 1.82) is 0 Å². The Kier molecular flexibility index (Phi) is 9.89. The zero-order valence-corrected chi connectivity index (χ0v) is 29.9. The number of carboxylic acid groups (broad SMARTS) is 1. The third-order valence-electron chi connectivity index (χ3n) is 9.14. The van der Waals surface area contributed by atoms with E-state index in [0.29, 0.717) is 40.6 Å². The molecule has 4 N–H and O–H groups in total. The van der Waals surface area contributed by atoms with Crippen molar-refractivity contribution in [1.82, 2.24) is 24.9 Å². The molecular weight excluding hydrogens is 723 g/mol. The number of aliphatic carboxylic acids is 1. The number of nitrogens with one attached hydrogen (secondary N) is 1. The van der Waals surface area contributed by atoms with Gasteiger partial charge in [0.15, 0.2) is 29.4 Å². The molecule has 2 saturated heterocycles. The zero-order chi connectivity index (χ0) is 35.8. The number of fused-ring (bicyclic) bond motifs is 2. The summed E-state index contributed by atoms with van der Waals surface area (Å²) < 4.78 is 19.2. The van der Waals surface area contributed by atoms with Crippen LogP contribution in [0.25, 0.3) is 0 Å². The Morgan fingerprint density at radius 2 is 2.06 bits per heavy atom. The molecule has 0 unspecified atom stereocenters. The fourth-order valence-electron chi connectivity index (χ4n) is 6.67. The number of piperidine rings is 1. The number of aromatic nitrogens is 3. The van der Waals surface area contributed by atoms with E-state index in [1.165, 1.54) is 36.3 Å². The Balaban J connectivity index is 1.03. The van der Waals surface area contributed by atoms with Crippen LogP contribution in [0.1, 0.15) is 36.1 Å². The van der Waals surface area contributed by atoms with Crippen LogP contribution in [0.4, 0.5) is 15.3 Å².